The SMILES string of the molecule is CNC(=O)[C@@H](Cc1ccccc1)N(Cc1c(Cl)cccc1Cl)C(=O)COc1ccc(Cl)cc1Cl. The summed E-state index contributed by atoms with van der Waals surface area (Å²) in [6, 6.07) is 18.4. The largest absolute Gasteiger partial charge is 0.482 e. The van der Waals surface area contributed by atoms with Crippen molar-refractivity contribution in [3.05, 3.63) is 97.9 Å². The summed E-state index contributed by atoms with van der Waals surface area (Å²) in [6.45, 7) is -0.342. The van der Waals surface area contributed by atoms with Crippen molar-refractivity contribution in [1.82, 2.24) is 10.2 Å². The summed E-state index contributed by atoms with van der Waals surface area (Å²) >= 11 is 24.9. The van der Waals surface area contributed by atoms with Crippen LogP contribution < -0.4 is 10.1 Å². The van der Waals surface area contributed by atoms with Crippen LogP contribution in [0.5, 0.6) is 5.75 Å². The van der Waals surface area contributed by atoms with Crippen molar-refractivity contribution in [2.45, 2.75) is 19.0 Å². The molecule has 0 aliphatic heterocycles. The summed E-state index contributed by atoms with van der Waals surface area (Å²) in [7, 11) is 1.52. The van der Waals surface area contributed by atoms with E-state index in [0.717, 1.165) is 5.56 Å². The highest BCUT2D eigenvalue weighted by Gasteiger charge is 2.31. The van der Waals surface area contributed by atoms with Gasteiger partial charge in [-0.15, -0.1) is 0 Å². The maximum absolute atomic E-state index is 13.4. The quantitative estimate of drug-likeness (QED) is 0.359. The first-order chi connectivity index (χ1) is 16.3. The van der Waals surface area contributed by atoms with Crippen LogP contribution in [-0.2, 0) is 22.6 Å². The Kier molecular flexibility index (Phi) is 9.48. The van der Waals surface area contributed by atoms with Crippen molar-refractivity contribution in [3.8, 4) is 5.75 Å². The van der Waals surface area contributed by atoms with Gasteiger partial charge in [-0.1, -0.05) is 82.8 Å². The van der Waals surface area contributed by atoms with Crippen LogP contribution in [0, 0.1) is 0 Å². The van der Waals surface area contributed by atoms with Gasteiger partial charge in [-0.3, -0.25) is 9.59 Å². The van der Waals surface area contributed by atoms with E-state index in [2.05, 4.69) is 5.32 Å². The Morgan fingerprint density at radius 3 is 2.21 bits per heavy atom. The maximum Gasteiger partial charge on any atom is 0.261 e. The number of carbonyl (C=O) groups is 2. The molecule has 3 aromatic carbocycles. The molecule has 5 nitrogen and oxygen atoms in total. The minimum Gasteiger partial charge on any atom is -0.482 e. The number of carbonyl (C=O) groups excluding carboxylic acids is 2. The number of nitrogens with one attached hydrogen (secondary N) is 1. The molecule has 0 aromatic heterocycles. The number of hydrogen-bond acceptors (Lipinski definition) is 3. The van der Waals surface area contributed by atoms with Gasteiger partial charge in [0.05, 0.1) is 5.02 Å². The lowest BCUT2D eigenvalue weighted by atomic mass is 10.0. The smallest absolute Gasteiger partial charge is 0.261 e. The van der Waals surface area contributed by atoms with E-state index < -0.39 is 11.9 Å². The topological polar surface area (TPSA) is 58.6 Å². The third-order valence-corrected chi connectivity index (χ3v) is 6.39. The average molecular weight is 540 g/mol. The molecule has 1 N–H and O–H groups in total. The number of nitrogens with zero attached hydrogens (tertiary/aromatic N) is 1. The van der Waals surface area contributed by atoms with Crippen LogP contribution in [0.2, 0.25) is 20.1 Å². The van der Waals surface area contributed by atoms with Crippen LogP contribution in [0.1, 0.15) is 11.1 Å². The van der Waals surface area contributed by atoms with Gasteiger partial charge in [-0.2, -0.15) is 0 Å². The average Bonchev–Trinajstić information content (AvgIpc) is 2.82. The summed E-state index contributed by atoms with van der Waals surface area (Å²) < 4.78 is 5.67. The van der Waals surface area contributed by atoms with E-state index in [1.807, 2.05) is 30.3 Å². The Morgan fingerprint density at radius 2 is 1.59 bits per heavy atom. The van der Waals surface area contributed by atoms with E-state index in [4.69, 9.17) is 51.1 Å². The zero-order valence-electron chi connectivity index (χ0n) is 18.2. The molecule has 0 heterocycles. The number of ether oxygens (including phenoxy) is 1. The van der Waals surface area contributed by atoms with Crippen LogP contribution in [0.3, 0.4) is 0 Å². The summed E-state index contributed by atoms with van der Waals surface area (Å²) in [5.41, 5.74) is 1.42. The van der Waals surface area contributed by atoms with Gasteiger partial charge in [-0.05, 0) is 35.9 Å². The zero-order chi connectivity index (χ0) is 24.7. The van der Waals surface area contributed by atoms with E-state index in [1.54, 1.807) is 30.3 Å². The predicted molar refractivity (Wildman–Crippen MR) is 137 cm³/mol. The van der Waals surface area contributed by atoms with Gasteiger partial charge < -0.3 is 15.0 Å². The van der Waals surface area contributed by atoms with E-state index in [0.29, 0.717) is 26.4 Å². The van der Waals surface area contributed by atoms with E-state index in [9.17, 15) is 9.59 Å². The lowest BCUT2D eigenvalue weighted by Gasteiger charge is -2.31. The molecule has 0 saturated heterocycles. The van der Waals surface area contributed by atoms with Crippen LogP contribution in [0.25, 0.3) is 0 Å². The molecular weight excluding hydrogens is 518 g/mol. The van der Waals surface area contributed by atoms with E-state index >= 15 is 0 Å². The first-order valence-electron chi connectivity index (χ1n) is 10.4. The van der Waals surface area contributed by atoms with Crippen LogP contribution >= 0.6 is 46.4 Å². The normalized spacial score (nSPS) is 11.6. The van der Waals surface area contributed by atoms with Crippen molar-refractivity contribution in [1.29, 1.82) is 0 Å². The molecule has 178 valence electrons. The van der Waals surface area contributed by atoms with Gasteiger partial charge in [0.15, 0.2) is 6.61 Å². The lowest BCUT2D eigenvalue weighted by Crippen LogP contribution is -2.51. The highest BCUT2D eigenvalue weighted by molar-refractivity contribution is 6.36. The van der Waals surface area contributed by atoms with Gasteiger partial charge in [0.25, 0.3) is 5.91 Å². The number of likely N-dealkylation sites (N-methyl/N-ethyl adjacent to an activating group) is 1. The molecule has 0 spiro atoms. The molecule has 0 fully saturated rings. The first kappa shape index (κ1) is 26.2. The van der Waals surface area contributed by atoms with Crippen molar-refractivity contribution >= 4 is 58.2 Å². The summed E-state index contributed by atoms with van der Waals surface area (Å²) in [6.07, 6.45) is 0.288. The Labute approximate surface area is 218 Å². The van der Waals surface area contributed by atoms with Gasteiger partial charge in [0, 0.05) is 40.6 Å². The van der Waals surface area contributed by atoms with E-state index in [1.165, 1.54) is 18.0 Å². The number of benzene rings is 3. The van der Waals surface area contributed by atoms with Crippen molar-refractivity contribution in [2.24, 2.45) is 0 Å². The molecule has 0 aliphatic rings. The van der Waals surface area contributed by atoms with Crippen molar-refractivity contribution in [3.63, 3.8) is 0 Å². The van der Waals surface area contributed by atoms with Gasteiger partial charge in [0.2, 0.25) is 5.91 Å². The van der Waals surface area contributed by atoms with Gasteiger partial charge in [0.1, 0.15) is 11.8 Å². The summed E-state index contributed by atoms with van der Waals surface area (Å²) in [4.78, 5) is 27.8. The first-order valence-corrected chi connectivity index (χ1v) is 11.9. The minimum atomic E-state index is -0.837. The van der Waals surface area contributed by atoms with Gasteiger partial charge >= 0.3 is 0 Å². The molecule has 0 radical (unpaired) electrons. The molecule has 0 saturated carbocycles. The maximum atomic E-state index is 13.4. The molecule has 3 rings (SSSR count). The third kappa shape index (κ3) is 6.80. The standard InChI is InChI=1S/C25H22Cl4N2O3/c1-30-25(33)22(12-16-6-3-2-4-7-16)31(14-18-19(27)8-5-9-20(18)28)24(32)15-34-23-11-10-17(26)13-21(23)29/h2-11,13,22H,12,14-15H2,1H3,(H,30,33)/t22-/m1/s1. The molecule has 0 aliphatic carbocycles. The number of amides is 2. The number of rotatable bonds is 9. The molecule has 1 atom stereocenters. The molecule has 9 heteroatoms. The Morgan fingerprint density at radius 1 is 0.912 bits per heavy atom. The van der Waals surface area contributed by atoms with Crippen molar-refractivity contribution in [2.75, 3.05) is 13.7 Å². The van der Waals surface area contributed by atoms with Gasteiger partial charge in [-0.25, -0.2) is 0 Å². The fourth-order valence-electron chi connectivity index (χ4n) is 3.39. The molecule has 0 unspecified atom stereocenters. The second-order valence-corrected chi connectivity index (χ2v) is 9.06. The molecule has 34 heavy (non-hydrogen) atoms. The van der Waals surface area contributed by atoms with Crippen LogP contribution in [0.4, 0.5) is 0 Å². The molecule has 0 bridgehead atoms. The highest BCUT2D eigenvalue weighted by atomic mass is 35.5. The second kappa shape index (κ2) is 12.3. The molecule has 2 amide bonds. The molecular formula is C25H22Cl4N2O3. The Bertz CT molecular complexity index is 1140. The fourth-order valence-corrected chi connectivity index (χ4v) is 4.37. The predicted octanol–water partition coefficient (Wildman–Crippen LogP) is 6.07. The number of hydrogen-bond donors (Lipinski definition) is 1. The second-order valence-electron chi connectivity index (χ2n) is 7.41. The fraction of sp³-hybridized carbons (Fsp3) is 0.200. The lowest BCUT2D eigenvalue weighted by molar-refractivity contribution is -0.142. The van der Waals surface area contributed by atoms with Crippen molar-refractivity contribution < 1.29 is 14.3 Å². The number of halogens is 4. The minimum absolute atomic E-state index is 0.0139. The van der Waals surface area contributed by atoms with Crippen LogP contribution in [-0.4, -0.2) is 36.4 Å². The summed E-state index contributed by atoms with van der Waals surface area (Å²) in [5.74, 6) is -0.467. The third-order valence-electron chi connectivity index (χ3n) is 5.15. The molecule has 3 aromatic rings. The highest BCUT2D eigenvalue weighted by Crippen LogP contribution is 2.29. The zero-order valence-corrected chi connectivity index (χ0v) is 21.3. The van der Waals surface area contributed by atoms with E-state index in [-0.39, 0.29) is 30.5 Å². The monoisotopic (exact) mass is 538 g/mol. The van der Waals surface area contributed by atoms with Crippen LogP contribution in [0.15, 0.2) is 66.7 Å². The Hall–Kier alpha value is -2.44. The Balaban J connectivity index is 1.93. The summed E-state index contributed by atoms with van der Waals surface area (Å²) in [5, 5.41) is 4.15.